The zero-order chi connectivity index (χ0) is 57.0. The number of alkyl halides is 24. The minimum atomic E-state index is -6.13. The molecule has 1 heterocycles. The molecule has 0 atom stereocenters. The van der Waals surface area contributed by atoms with Crippen molar-refractivity contribution in [2.45, 2.75) is 56.0 Å². The molecular weight excluding hydrogens is 1090 g/mol. The van der Waals surface area contributed by atoms with Gasteiger partial charge in [0.2, 0.25) is 17.8 Å². The van der Waals surface area contributed by atoms with E-state index in [2.05, 4.69) is 12.1 Å². The highest BCUT2D eigenvalue weighted by atomic mass is 19.4. The minimum Gasteiger partial charge on any atom is -0.287 e. The van der Waals surface area contributed by atoms with Crippen LogP contribution in [-0.2, 0) is 56.0 Å². The number of fused-ring (bicyclic) bond motifs is 1. The zero-order valence-corrected chi connectivity index (χ0v) is 37.1. The predicted molar refractivity (Wildman–Crippen MR) is 225 cm³/mol. The lowest BCUT2D eigenvalue weighted by Crippen LogP contribution is -2.75. The Bertz CT molecular complexity index is 2810. The third-order valence-corrected chi connectivity index (χ3v) is 11.6. The van der Waals surface area contributed by atoms with Gasteiger partial charge in [0.15, 0.2) is 6.20 Å². The van der Waals surface area contributed by atoms with E-state index >= 15 is 0 Å². The van der Waals surface area contributed by atoms with Crippen LogP contribution in [0.1, 0.15) is 54.9 Å². The number of nitrogens with zero attached hydrogens (tertiary/aromatic N) is 1. The third-order valence-electron chi connectivity index (χ3n) is 11.6. The molecule has 76 heavy (non-hydrogen) atoms. The predicted octanol–water partition coefficient (Wildman–Crippen LogP) is 14.2. The molecule has 1 aromatic heterocycles. The van der Waals surface area contributed by atoms with Crippen LogP contribution in [0.2, 0.25) is 0 Å². The number of hydrogen-bond donors (Lipinski definition) is 0. The van der Waals surface area contributed by atoms with Gasteiger partial charge in [-0.1, -0.05) is 91.0 Å². The lowest BCUT2D eigenvalue weighted by Gasteiger charge is -2.46. The van der Waals surface area contributed by atoms with Gasteiger partial charge in [-0.3, -0.25) is 4.79 Å². The van der Waals surface area contributed by atoms with E-state index in [9.17, 15) is 110 Å². The third kappa shape index (κ3) is 12.9. The number of para-hydroxylation sites is 1. The highest BCUT2D eigenvalue weighted by Gasteiger charge is 2.47. The SMILES string of the molecule is FC(F)(F)c1cc([B-](c2cc(C(F)(F)F)cc(C(F)(F)F)c2)(c2cc(C(F)(F)F)cc(C(F)(F)F)c2)c2cc(C(F)(F)F)cc(C(F)(F)F)c2)cc(C(F)(F)F)c1.O=C(C[n+]1cccc2ccccc21)c1ccccc1. The maximum atomic E-state index is 14.2. The lowest BCUT2D eigenvalue weighted by molar-refractivity contribution is -0.657. The quantitative estimate of drug-likeness (QED) is 0.0674. The maximum Gasteiger partial charge on any atom is 0.416 e. The first kappa shape index (κ1) is 58.1. The van der Waals surface area contributed by atoms with E-state index in [1.54, 1.807) is 0 Å². The summed E-state index contributed by atoms with van der Waals surface area (Å²) in [5.41, 5.74) is -28.4. The summed E-state index contributed by atoms with van der Waals surface area (Å²) < 4.78 is 343. The zero-order valence-electron chi connectivity index (χ0n) is 37.1. The van der Waals surface area contributed by atoms with Gasteiger partial charge in [-0.2, -0.15) is 132 Å². The molecule has 0 radical (unpaired) electrons. The Hall–Kier alpha value is -7.22. The van der Waals surface area contributed by atoms with Gasteiger partial charge in [0.25, 0.3) is 0 Å². The van der Waals surface area contributed by atoms with Crippen molar-refractivity contribution in [2.75, 3.05) is 0 Å². The fourth-order valence-electron chi connectivity index (χ4n) is 8.30. The van der Waals surface area contributed by atoms with Crippen molar-refractivity contribution in [3.63, 3.8) is 0 Å². The maximum absolute atomic E-state index is 14.2. The number of aromatic nitrogens is 1. The van der Waals surface area contributed by atoms with Crippen LogP contribution in [-0.4, -0.2) is 11.9 Å². The van der Waals surface area contributed by atoms with Crippen LogP contribution >= 0.6 is 0 Å². The number of ketones is 1. The summed E-state index contributed by atoms with van der Waals surface area (Å²) in [6.45, 7) is 0.366. The highest BCUT2D eigenvalue weighted by molar-refractivity contribution is 7.20. The van der Waals surface area contributed by atoms with E-state index in [0.29, 0.717) is 6.54 Å². The first-order chi connectivity index (χ1) is 34.6. The van der Waals surface area contributed by atoms with E-state index < -0.39 is 195 Å². The molecule has 0 unspecified atom stereocenters. The molecular formula is C49H26BF24NO. The normalized spacial score (nSPS) is 13.4. The fraction of sp³-hybridized carbons (Fsp3) is 0.184. The second-order valence-electron chi connectivity index (χ2n) is 16.7. The van der Waals surface area contributed by atoms with Gasteiger partial charge >= 0.3 is 49.4 Å². The van der Waals surface area contributed by atoms with Gasteiger partial charge < -0.3 is 0 Å². The number of benzene rings is 6. The van der Waals surface area contributed by atoms with Crippen molar-refractivity contribution >= 4 is 44.7 Å². The van der Waals surface area contributed by atoms with Crippen molar-refractivity contribution in [1.82, 2.24) is 0 Å². The van der Waals surface area contributed by atoms with Crippen LogP contribution in [0.15, 0.2) is 146 Å². The van der Waals surface area contributed by atoms with Crippen LogP contribution in [0.4, 0.5) is 105 Å². The van der Waals surface area contributed by atoms with Gasteiger partial charge in [-0.05, 0) is 36.4 Å². The summed E-state index contributed by atoms with van der Waals surface area (Å²) >= 11 is 0. The van der Waals surface area contributed by atoms with Gasteiger partial charge in [0, 0.05) is 23.1 Å². The van der Waals surface area contributed by atoms with Crippen LogP contribution in [0.5, 0.6) is 0 Å². The first-order valence-electron chi connectivity index (χ1n) is 20.9. The Labute approximate surface area is 410 Å². The van der Waals surface area contributed by atoms with Crippen LogP contribution in [0, 0.1) is 0 Å². The molecule has 404 valence electrons. The number of rotatable bonds is 7. The molecule has 0 fully saturated rings. The van der Waals surface area contributed by atoms with Crippen LogP contribution in [0.3, 0.4) is 0 Å². The van der Waals surface area contributed by atoms with Gasteiger partial charge in [0.1, 0.15) is 6.15 Å². The standard InChI is InChI=1S/C32H12BF24.C17H14NO/c34-25(35,36)13-1-14(26(37,38)39)6-21(5-13)33(22-7-15(27(40,41)42)2-16(8-22)28(43,44)45,23-9-17(29(46,47)48)3-18(10-23)30(49,50)51)24-11-19(31(52,53)54)4-20(12-24)32(55,56)57;19-17(15-8-2-1-3-9-15)13-18-12-6-10-14-7-4-5-11-16(14)18/h1-12H;1-12H,13H2/q-1;+1. The van der Waals surface area contributed by atoms with Gasteiger partial charge in [-0.15, -0.1) is 0 Å². The Kier molecular flexibility index (Phi) is 15.3. The molecule has 0 saturated heterocycles. The van der Waals surface area contributed by atoms with E-state index in [-0.39, 0.29) is 5.78 Å². The van der Waals surface area contributed by atoms with Gasteiger partial charge in [0.05, 0.1) is 44.5 Å². The molecule has 0 aliphatic heterocycles. The van der Waals surface area contributed by atoms with Gasteiger partial charge in [-0.25, -0.2) is 0 Å². The molecule has 0 aliphatic rings. The van der Waals surface area contributed by atoms with Crippen molar-refractivity contribution in [2.24, 2.45) is 0 Å². The van der Waals surface area contributed by atoms with Crippen molar-refractivity contribution in [1.29, 1.82) is 0 Å². The summed E-state index contributed by atoms with van der Waals surface area (Å²) in [5, 5.41) is 1.14. The summed E-state index contributed by atoms with van der Waals surface area (Å²) in [6, 6.07) is 12.7. The number of pyridine rings is 1. The first-order valence-corrected chi connectivity index (χ1v) is 20.9. The molecule has 2 nitrogen and oxygen atoms in total. The van der Waals surface area contributed by atoms with E-state index in [4.69, 9.17) is 0 Å². The minimum absolute atomic E-state index is 0.127. The van der Waals surface area contributed by atoms with E-state index in [1.807, 2.05) is 65.4 Å². The second kappa shape index (κ2) is 20.1. The molecule has 0 amide bonds. The molecule has 0 N–H and O–H groups in total. The summed E-state index contributed by atoms with van der Waals surface area (Å²) in [5.74, 6) is 0.127. The molecule has 0 aliphatic carbocycles. The summed E-state index contributed by atoms with van der Waals surface area (Å²) in [7, 11) is 0. The summed E-state index contributed by atoms with van der Waals surface area (Å²) in [4.78, 5) is 12.2. The van der Waals surface area contributed by atoms with E-state index in [0.717, 1.165) is 16.5 Å². The van der Waals surface area contributed by atoms with E-state index in [1.165, 1.54) is 0 Å². The van der Waals surface area contributed by atoms with Crippen LogP contribution < -0.4 is 26.4 Å². The number of carbonyl (C=O) groups is 1. The average Bonchev–Trinajstić information content (AvgIpc) is 3.30. The largest absolute Gasteiger partial charge is 0.416 e. The Morgan fingerprint density at radius 2 is 0.579 bits per heavy atom. The lowest BCUT2D eigenvalue weighted by atomic mass is 9.12. The topological polar surface area (TPSA) is 20.9 Å². The molecule has 0 spiro atoms. The second-order valence-corrected chi connectivity index (χ2v) is 16.7. The van der Waals surface area contributed by atoms with Crippen molar-refractivity contribution < 1.29 is 115 Å². The number of carbonyl (C=O) groups excluding carboxylic acids is 1. The smallest absolute Gasteiger partial charge is 0.287 e. The number of hydrogen-bond acceptors (Lipinski definition) is 1. The Balaban J connectivity index is 0.000000408. The molecule has 0 bridgehead atoms. The van der Waals surface area contributed by atoms with Crippen molar-refractivity contribution in [3.05, 3.63) is 196 Å². The Morgan fingerprint density at radius 3 is 0.855 bits per heavy atom. The monoisotopic (exact) mass is 1110 g/mol. The fourth-order valence-corrected chi connectivity index (χ4v) is 8.30. The average molecular weight is 1110 g/mol. The molecule has 27 heteroatoms. The number of halogens is 24. The molecule has 7 aromatic rings. The summed E-state index contributed by atoms with van der Waals surface area (Å²) in [6.07, 6.45) is -52.9. The molecule has 6 aromatic carbocycles. The van der Waals surface area contributed by atoms with Crippen LogP contribution in [0.25, 0.3) is 10.9 Å². The highest BCUT2D eigenvalue weighted by Crippen LogP contribution is 2.41. The number of Topliss-reactive ketones (excluding diaryl/α,β-unsaturated/α-hetero) is 1. The Morgan fingerprint density at radius 1 is 0.329 bits per heavy atom. The molecule has 7 rings (SSSR count). The van der Waals surface area contributed by atoms with Crippen molar-refractivity contribution in [3.8, 4) is 0 Å². The molecule has 0 saturated carbocycles.